The highest BCUT2D eigenvalue weighted by molar-refractivity contribution is 5.36. The average molecular weight is 160 g/mol. The lowest BCUT2D eigenvalue weighted by Crippen LogP contribution is -2.36. The van der Waals surface area contributed by atoms with Crippen LogP contribution in [0.15, 0.2) is 23.3 Å². The van der Waals surface area contributed by atoms with Gasteiger partial charge in [0.25, 0.3) is 0 Å². The molecule has 3 unspecified atom stereocenters. The normalized spacial score (nSPS) is 44.4. The number of rotatable bonds is 0. The molecule has 0 heterocycles. The van der Waals surface area contributed by atoms with Crippen LogP contribution in [0.3, 0.4) is 0 Å². The molecule has 4 aliphatic carbocycles. The van der Waals surface area contributed by atoms with Gasteiger partial charge in [-0.1, -0.05) is 23.3 Å². The van der Waals surface area contributed by atoms with Gasteiger partial charge in [0.2, 0.25) is 0 Å². The molecule has 3 atom stereocenters. The third-order valence-electron chi connectivity index (χ3n) is 4.27. The van der Waals surface area contributed by atoms with Crippen LogP contribution in [-0.4, -0.2) is 0 Å². The van der Waals surface area contributed by atoms with E-state index in [2.05, 4.69) is 13.5 Å². The summed E-state index contributed by atoms with van der Waals surface area (Å²) in [5.74, 6) is 2.70. The molecule has 0 heteroatoms. The van der Waals surface area contributed by atoms with Gasteiger partial charge in [-0.15, -0.1) is 0 Å². The van der Waals surface area contributed by atoms with Gasteiger partial charge < -0.3 is 0 Å². The van der Waals surface area contributed by atoms with Crippen molar-refractivity contribution in [2.24, 2.45) is 17.8 Å². The van der Waals surface area contributed by atoms with Crippen molar-refractivity contribution >= 4 is 0 Å². The first-order valence-electron chi connectivity index (χ1n) is 5.13. The topological polar surface area (TPSA) is 0 Å². The average Bonchev–Trinajstić information content (AvgIpc) is 2.07. The van der Waals surface area contributed by atoms with E-state index in [1.54, 1.807) is 16.7 Å². The Bertz CT molecular complexity index is 282. The van der Waals surface area contributed by atoms with Crippen LogP contribution in [0, 0.1) is 17.8 Å². The molecule has 0 N–H and O–H groups in total. The highest BCUT2D eigenvalue weighted by Gasteiger charge is 2.42. The fourth-order valence-electron chi connectivity index (χ4n) is 3.55. The van der Waals surface area contributed by atoms with Crippen molar-refractivity contribution in [1.29, 1.82) is 0 Å². The molecule has 2 fully saturated rings. The van der Waals surface area contributed by atoms with E-state index in [-0.39, 0.29) is 0 Å². The summed E-state index contributed by atoms with van der Waals surface area (Å²) in [6.07, 6.45) is 5.65. The van der Waals surface area contributed by atoms with Crippen LogP contribution in [-0.2, 0) is 0 Å². The van der Waals surface area contributed by atoms with E-state index in [0.717, 1.165) is 17.8 Å². The second kappa shape index (κ2) is 2.04. The van der Waals surface area contributed by atoms with Crippen molar-refractivity contribution in [2.45, 2.75) is 32.6 Å². The van der Waals surface area contributed by atoms with Crippen molar-refractivity contribution in [3.63, 3.8) is 0 Å². The van der Waals surface area contributed by atoms with Crippen molar-refractivity contribution in [3.05, 3.63) is 23.3 Å². The third kappa shape index (κ3) is 0.688. The van der Waals surface area contributed by atoms with Crippen LogP contribution in [0.4, 0.5) is 0 Å². The van der Waals surface area contributed by atoms with Gasteiger partial charge in [-0.3, -0.25) is 0 Å². The highest BCUT2D eigenvalue weighted by Crippen LogP contribution is 2.55. The number of allylic oxidation sites excluding steroid dienone is 3. The summed E-state index contributed by atoms with van der Waals surface area (Å²) in [4.78, 5) is 0. The molecule has 12 heavy (non-hydrogen) atoms. The predicted octanol–water partition coefficient (Wildman–Crippen LogP) is 3.31. The molecule has 0 aromatic carbocycles. The molecule has 0 aromatic heterocycles. The Morgan fingerprint density at radius 3 is 2.92 bits per heavy atom. The first-order chi connectivity index (χ1) is 5.75. The summed E-state index contributed by atoms with van der Waals surface area (Å²) in [5.41, 5.74) is 5.04. The van der Waals surface area contributed by atoms with Gasteiger partial charge in [-0.2, -0.15) is 0 Å². The van der Waals surface area contributed by atoms with E-state index in [9.17, 15) is 0 Å². The molecule has 64 valence electrons. The molecule has 0 aliphatic heterocycles. The summed E-state index contributed by atoms with van der Waals surface area (Å²) in [7, 11) is 0. The molecule has 4 rings (SSSR count). The van der Waals surface area contributed by atoms with Crippen molar-refractivity contribution < 1.29 is 0 Å². The zero-order valence-corrected chi connectivity index (χ0v) is 7.77. The van der Waals surface area contributed by atoms with E-state index in [4.69, 9.17) is 0 Å². The summed E-state index contributed by atoms with van der Waals surface area (Å²) in [6, 6.07) is 0. The second-order valence-corrected chi connectivity index (χ2v) is 4.86. The number of hydrogen-bond donors (Lipinski definition) is 0. The van der Waals surface area contributed by atoms with E-state index in [1.807, 2.05) is 0 Å². The summed E-state index contributed by atoms with van der Waals surface area (Å²) in [6.45, 7) is 6.61. The number of hydrogen-bond acceptors (Lipinski definition) is 0. The van der Waals surface area contributed by atoms with E-state index in [1.165, 1.54) is 25.7 Å². The molecule has 0 radical (unpaired) electrons. The SMILES string of the molecule is C=C1C2CC3=C(C)C1CC(C3)C2. The minimum absolute atomic E-state index is 0.797. The van der Waals surface area contributed by atoms with Gasteiger partial charge in [0, 0.05) is 5.92 Å². The maximum absolute atomic E-state index is 4.27. The van der Waals surface area contributed by atoms with Gasteiger partial charge in [-0.05, 0) is 44.4 Å². The fourth-order valence-corrected chi connectivity index (χ4v) is 3.55. The molecule has 0 amide bonds. The molecule has 0 nitrogen and oxygen atoms in total. The van der Waals surface area contributed by atoms with Gasteiger partial charge in [0.1, 0.15) is 0 Å². The molecule has 4 bridgehead atoms. The molecule has 0 aromatic rings. The van der Waals surface area contributed by atoms with Crippen molar-refractivity contribution in [3.8, 4) is 0 Å². The van der Waals surface area contributed by atoms with Crippen LogP contribution in [0.1, 0.15) is 32.6 Å². The van der Waals surface area contributed by atoms with Crippen LogP contribution >= 0.6 is 0 Å². The zero-order valence-electron chi connectivity index (χ0n) is 7.77. The molecule has 4 aliphatic rings. The lowest BCUT2D eigenvalue weighted by molar-refractivity contribution is 0.223. The lowest BCUT2D eigenvalue weighted by atomic mass is 9.57. The zero-order chi connectivity index (χ0) is 8.29. The Morgan fingerprint density at radius 2 is 2.08 bits per heavy atom. The van der Waals surface area contributed by atoms with Gasteiger partial charge in [0.15, 0.2) is 0 Å². The highest BCUT2D eigenvalue weighted by atomic mass is 14.5. The Hall–Kier alpha value is -0.520. The Morgan fingerprint density at radius 1 is 1.25 bits per heavy atom. The molecular formula is C12H16. The van der Waals surface area contributed by atoms with Crippen LogP contribution < -0.4 is 0 Å². The van der Waals surface area contributed by atoms with Crippen LogP contribution in [0.2, 0.25) is 0 Å². The Kier molecular flexibility index (Phi) is 1.18. The monoisotopic (exact) mass is 160 g/mol. The third-order valence-corrected chi connectivity index (χ3v) is 4.27. The van der Waals surface area contributed by atoms with Crippen LogP contribution in [0.5, 0.6) is 0 Å². The summed E-state index contributed by atoms with van der Waals surface area (Å²) >= 11 is 0. The largest absolute Gasteiger partial charge is 0.0990 e. The minimum Gasteiger partial charge on any atom is -0.0990 e. The van der Waals surface area contributed by atoms with Gasteiger partial charge in [-0.25, -0.2) is 0 Å². The van der Waals surface area contributed by atoms with Gasteiger partial charge in [0.05, 0.1) is 0 Å². The Balaban J connectivity index is 2.13. The minimum atomic E-state index is 0.797. The first kappa shape index (κ1) is 6.94. The molecular weight excluding hydrogens is 144 g/mol. The van der Waals surface area contributed by atoms with E-state index >= 15 is 0 Å². The summed E-state index contributed by atoms with van der Waals surface area (Å²) in [5, 5.41) is 0. The fraction of sp³-hybridized carbons (Fsp3) is 0.667. The van der Waals surface area contributed by atoms with Crippen molar-refractivity contribution in [2.75, 3.05) is 0 Å². The molecule has 0 spiro atoms. The molecule has 0 saturated heterocycles. The molecule has 2 saturated carbocycles. The predicted molar refractivity (Wildman–Crippen MR) is 50.8 cm³/mol. The Labute approximate surface area is 74.4 Å². The van der Waals surface area contributed by atoms with Crippen LogP contribution in [0.25, 0.3) is 0 Å². The summed E-state index contributed by atoms with van der Waals surface area (Å²) < 4.78 is 0. The van der Waals surface area contributed by atoms with Gasteiger partial charge >= 0.3 is 0 Å². The lowest BCUT2D eigenvalue weighted by Gasteiger charge is -2.48. The quantitative estimate of drug-likeness (QED) is 0.477. The second-order valence-electron chi connectivity index (χ2n) is 4.86. The maximum atomic E-state index is 4.27. The van der Waals surface area contributed by atoms with E-state index in [0.29, 0.717) is 0 Å². The smallest absolute Gasteiger partial charge is 0.000979 e. The van der Waals surface area contributed by atoms with E-state index < -0.39 is 0 Å². The standard InChI is InChI=1S/C12H16/c1-7-10-3-9-4-11(6-10)8(2)12(7)5-9/h9-10,12H,1,3-6H2,2H3. The first-order valence-corrected chi connectivity index (χ1v) is 5.13. The maximum Gasteiger partial charge on any atom is 0.000979 e. The van der Waals surface area contributed by atoms with Crippen molar-refractivity contribution in [1.82, 2.24) is 0 Å².